The third kappa shape index (κ3) is 3.79. The predicted octanol–water partition coefficient (Wildman–Crippen LogP) is 2.23. The molecule has 1 aliphatic rings. The van der Waals surface area contributed by atoms with E-state index in [9.17, 15) is 0 Å². The van der Waals surface area contributed by atoms with Crippen LogP contribution in [0.5, 0.6) is 5.75 Å². The number of imidazole rings is 1. The van der Waals surface area contributed by atoms with E-state index in [0.29, 0.717) is 12.3 Å². The zero-order valence-electron chi connectivity index (χ0n) is 14.6. The lowest BCUT2D eigenvalue weighted by molar-refractivity contribution is 0.142. The SMILES string of the molecule is CCc1nccn1Cc1cc(C#Cc2ccc(OC3CNC3)cc2)on1. The first-order chi connectivity index (χ1) is 12.8. The Morgan fingerprint density at radius 3 is 2.85 bits per heavy atom. The van der Waals surface area contributed by atoms with Gasteiger partial charge in [-0.3, -0.25) is 0 Å². The molecule has 26 heavy (non-hydrogen) atoms. The summed E-state index contributed by atoms with van der Waals surface area (Å²) in [4.78, 5) is 4.31. The van der Waals surface area contributed by atoms with Gasteiger partial charge >= 0.3 is 0 Å². The van der Waals surface area contributed by atoms with Gasteiger partial charge in [-0.15, -0.1) is 0 Å². The number of aryl methyl sites for hydroxylation is 1. The van der Waals surface area contributed by atoms with E-state index >= 15 is 0 Å². The maximum absolute atomic E-state index is 5.79. The lowest BCUT2D eigenvalue weighted by atomic mass is 10.2. The average molecular weight is 348 g/mol. The van der Waals surface area contributed by atoms with Crippen molar-refractivity contribution in [1.82, 2.24) is 20.0 Å². The van der Waals surface area contributed by atoms with Crippen LogP contribution in [0.15, 0.2) is 47.2 Å². The number of hydrogen-bond donors (Lipinski definition) is 1. The molecule has 1 aliphatic heterocycles. The summed E-state index contributed by atoms with van der Waals surface area (Å²) in [5.41, 5.74) is 1.74. The molecule has 0 atom stereocenters. The molecule has 6 nitrogen and oxygen atoms in total. The fourth-order valence-electron chi connectivity index (χ4n) is 2.71. The highest BCUT2D eigenvalue weighted by molar-refractivity contribution is 5.41. The van der Waals surface area contributed by atoms with Crippen LogP contribution >= 0.6 is 0 Å². The van der Waals surface area contributed by atoms with Crippen LogP contribution in [0.4, 0.5) is 0 Å². The highest BCUT2D eigenvalue weighted by Gasteiger charge is 2.17. The van der Waals surface area contributed by atoms with Crippen LogP contribution in [0.2, 0.25) is 0 Å². The van der Waals surface area contributed by atoms with Crippen molar-refractivity contribution in [3.05, 3.63) is 65.6 Å². The normalized spacial score (nSPS) is 13.7. The van der Waals surface area contributed by atoms with Crippen LogP contribution in [0, 0.1) is 11.8 Å². The van der Waals surface area contributed by atoms with E-state index in [1.165, 1.54) is 0 Å². The summed E-state index contributed by atoms with van der Waals surface area (Å²) in [6, 6.07) is 9.65. The lowest BCUT2D eigenvalue weighted by Crippen LogP contribution is -2.50. The number of nitrogens with one attached hydrogen (secondary N) is 1. The van der Waals surface area contributed by atoms with Gasteiger partial charge in [-0.05, 0) is 30.2 Å². The Morgan fingerprint density at radius 1 is 1.27 bits per heavy atom. The molecular weight excluding hydrogens is 328 g/mol. The highest BCUT2D eigenvalue weighted by atomic mass is 16.5. The van der Waals surface area contributed by atoms with Crippen LogP contribution in [-0.2, 0) is 13.0 Å². The minimum Gasteiger partial charge on any atom is -0.488 e. The van der Waals surface area contributed by atoms with Gasteiger partial charge in [0.2, 0.25) is 5.76 Å². The molecule has 0 saturated carbocycles. The van der Waals surface area contributed by atoms with Gasteiger partial charge in [0.1, 0.15) is 23.4 Å². The molecule has 3 aromatic rings. The molecule has 0 aliphatic carbocycles. The second-order valence-corrected chi connectivity index (χ2v) is 6.18. The first kappa shape index (κ1) is 16.4. The fraction of sp³-hybridized carbons (Fsp3) is 0.300. The van der Waals surface area contributed by atoms with Crippen molar-refractivity contribution in [2.45, 2.75) is 26.0 Å². The summed E-state index contributed by atoms with van der Waals surface area (Å²) >= 11 is 0. The molecule has 0 radical (unpaired) electrons. The van der Waals surface area contributed by atoms with E-state index < -0.39 is 0 Å². The molecule has 6 heteroatoms. The Bertz CT molecular complexity index is 927. The average Bonchev–Trinajstić information content (AvgIpc) is 3.27. The van der Waals surface area contributed by atoms with Gasteiger partial charge in [-0.25, -0.2) is 4.98 Å². The van der Waals surface area contributed by atoms with Gasteiger partial charge in [0.15, 0.2) is 0 Å². The van der Waals surface area contributed by atoms with E-state index in [1.807, 2.05) is 36.5 Å². The van der Waals surface area contributed by atoms with Crippen molar-refractivity contribution in [1.29, 1.82) is 0 Å². The Balaban J connectivity index is 1.39. The van der Waals surface area contributed by atoms with Gasteiger partial charge in [0, 0.05) is 43.5 Å². The quantitative estimate of drug-likeness (QED) is 0.717. The molecule has 1 aromatic carbocycles. The first-order valence-electron chi connectivity index (χ1n) is 8.75. The second-order valence-electron chi connectivity index (χ2n) is 6.18. The highest BCUT2D eigenvalue weighted by Crippen LogP contribution is 2.15. The molecule has 0 spiro atoms. The molecule has 4 rings (SSSR count). The maximum Gasteiger partial charge on any atom is 0.210 e. The molecule has 0 bridgehead atoms. The predicted molar refractivity (Wildman–Crippen MR) is 96.9 cm³/mol. The lowest BCUT2D eigenvalue weighted by Gasteiger charge is -2.27. The first-order valence-corrected chi connectivity index (χ1v) is 8.75. The Hall–Kier alpha value is -3.04. The molecular formula is C20H20N4O2. The van der Waals surface area contributed by atoms with Gasteiger partial charge in [-0.1, -0.05) is 18.0 Å². The topological polar surface area (TPSA) is 65.1 Å². The van der Waals surface area contributed by atoms with Crippen LogP contribution in [-0.4, -0.2) is 33.9 Å². The summed E-state index contributed by atoms with van der Waals surface area (Å²) in [5.74, 6) is 8.57. The largest absolute Gasteiger partial charge is 0.488 e. The molecule has 3 heterocycles. The Labute approximate surface area is 152 Å². The second kappa shape index (κ2) is 7.46. The molecule has 1 saturated heterocycles. The van der Waals surface area contributed by atoms with E-state index in [4.69, 9.17) is 9.26 Å². The number of rotatable bonds is 5. The standard InChI is InChI=1S/C20H20N4O2/c1-2-20-22-9-10-24(20)14-16-11-18(26-23-16)8-5-15-3-6-17(7-4-15)25-19-12-21-13-19/h3-4,6-7,9-11,19,21H,2,12-14H2,1H3. The smallest absolute Gasteiger partial charge is 0.210 e. The molecule has 1 N–H and O–H groups in total. The molecule has 132 valence electrons. The van der Waals surface area contributed by atoms with E-state index in [-0.39, 0.29) is 6.10 Å². The van der Waals surface area contributed by atoms with Gasteiger partial charge in [-0.2, -0.15) is 0 Å². The minimum atomic E-state index is 0.281. The van der Waals surface area contributed by atoms with E-state index in [0.717, 1.165) is 42.3 Å². The summed E-state index contributed by atoms with van der Waals surface area (Å²) in [7, 11) is 0. The molecule has 2 aromatic heterocycles. The van der Waals surface area contributed by atoms with Crippen molar-refractivity contribution in [3.63, 3.8) is 0 Å². The maximum atomic E-state index is 5.79. The summed E-state index contributed by atoms with van der Waals surface area (Å²) in [5, 5.41) is 7.27. The summed E-state index contributed by atoms with van der Waals surface area (Å²) in [6.07, 6.45) is 4.91. The fourth-order valence-corrected chi connectivity index (χ4v) is 2.71. The number of ether oxygens (including phenoxy) is 1. The summed E-state index contributed by atoms with van der Waals surface area (Å²) < 4.78 is 13.2. The number of nitrogens with zero attached hydrogens (tertiary/aromatic N) is 3. The monoisotopic (exact) mass is 348 g/mol. The summed E-state index contributed by atoms with van der Waals surface area (Å²) in [6.45, 7) is 4.54. The van der Waals surface area contributed by atoms with Gasteiger partial charge in [0.05, 0.1) is 6.54 Å². The van der Waals surface area contributed by atoms with Crippen LogP contribution in [0.1, 0.15) is 29.8 Å². The van der Waals surface area contributed by atoms with Gasteiger partial charge < -0.3 is 19.1 Å². The molecule has 0 unspecified atom stereocenters. The van der Waals surface area contributed by atoms with E-state index in [1.54, 1.807) is 6.20 Å². The zero-order chi connectivity index (χ0) is 17.8. The van der Waals surface area contributed by atoms with Crippen molar-refractivity contribution in [2.24, 2.45) is 0 Å². The molecule has 1 fully saturated rings. The Morgan fingerprint density at radius 2 is 2.12 bits per heavy atom. The van der Waals surface area contributed by atoms with E-state index in [2.05, 4.69) is 38.8 Å². The third-order valence-corrected chi connectivity index (χ3v) is 4.24. The van der Waals surface area contributed by atoms with Crippen LogP contribution < -0.4 is 10.1 Å². The van der Waals surface area contributed by atoms with Gasteiger partial charge in [0.25, 0.3) is 0 Å². The Kier molecular flexibility index (Phi) is 4.71. The third-order valence-electron chi connectivity index (χ3n) is 4.24. The minimum absolute atomic E-state index is 0.281. The van der Waals surface area contributed by atoms with Crippen molar-refractivity contribution >= 4 is 0 Å². The molecule has 0 amide bonds. The van der Waals surface area contributed by atoms with Crippen LogP contribution in [0.3, 0.4) is 0 Å². The number of aromatic nitrogens is 3. The van der Waals surface area contributed by atoms with Crippen LogP contribution in [0.25, 0.3) is 0 Å². The van der Waals surface area contributed by atoms with Crippen molar-refractivity contribution < 1.29 is 9.26 Å². The number of benzene rings is 1. The van der Waals surface area contributed by atoms with Crippen molar-refractivity contribution in [2.75, 3.05) is 13.1 Å². The zero-order valence-corrected chi connectivity index (χ0v) is 14.6. The number of hydrogen-bond acceptors (Lipinski definition) is 5. The van der Waals surface area contributed by atoms with Crippen molar-refractivity contribution in [3.8, 4) is 17.6 Å².